The Labute approximate surface area is 118 Å². The van der Waals surface area contributed by atoms with Gasteiger partial charge in [-0.3, -0.25) is 4.79 Å². The number of thiophene rings is 1. The zero-order valence-corrected chi connectivity index (χ0v) is 11.4. The van der Waals surface area contributed by atoms with E-state index in [0.717, 1.165) is 4.88 Å². The molecule has 0 aliphatic rings. The lowest BCUT2D eigenvalue weighted by Crippen LogP contribution is -2.23. The number of nitrogen functional groups attached to an aromatic ring is 1. The van der Waals surface area contributed by atoms with E-state index >= 15 is 0 Å². The van der Waals surface area contributed by atoms with Crippen molar-refractivity contribution in [1.29, 1.82) is 0 Å². The Morgan fingerprint density at radius 3 is 2.89 bits per heavy atom. The Hall–Kier alpha value is -1.30. The summed E-state index contributed by atoms with van der Waals surface area (Å²) in [6.07, 6.45) is 1.36. The molecular weight excluding hydrogens is 293 g/mol. The van der Waals surface area contributed by atoms with E-state index in [2.05, 4.69) is 10.3 Å². The molecule has 4 nitrogen and oxygen atoms in total. The normalized spacial score (nSPS) is 10.3. The van der Waals surface area contributed by atoms with Crippen molar-refractivity contribution in [3.05, 3.63) is 44.3 Å². The number of hydrogen-bond donors (Lipinski definition) is 2. The molecule has 18 heavy (non-hydrogen) atoms. The van der Waals surface area contributed by atoms with Gasteiger partial charge in [-0.25, -0.2) is 4.98 Å². The average molecular weight is 302 g/mol. The number of halogens is 2. The monoisotopic (exact) mass is 301 g/mol. The lowest BCUT2D eigenvalue weighted by atomic mass is 10.2. The molecule has 2 rings (SSSR count). The molecule has 0 bridgehead atoms. The SMILES string of the molecule is Nc1cnc(Cl)cc1C(=O)NCc1ccc(Cl)s1. The number of carbonyl (C=O) groups excluding carboxylic acids is 1. The number of nitrogens with one attached hydrogen (secondary N) is 1. The first-order valence-corrected chi connectivity index (χ1v) is 6.57. The van der Waals surface area contributed by atoms with Gasteiger partial charge >= 0.3 is 0 Å². The van der Waals surface area contributed by atoms with Gasteiger partial charge in [0.1, 0.15) is 5.15 Å². The fourth-order valence-electron chi connectivity index (χ4n) is 1.35. The first-order valence-electron chi connectivity index (χ1n) is 4.99. The molecule has 0 aliphatic heterocycles. The van der Waals surface area contributed by atoms with Crippen LogP contribution in [0.3, 0.4) is 0 Å². The number of anilines is 1. The van der Waals surface area contributed by atoms with Gasteiger partial charge < -0.3 is 11.1 Å². The third-order valence-electron chi connectivity index (χ3n) is 2.20. The van der Waals surface area contributed by atoms with Gasteiger partial charge in [0.15, 0.2) is 0 Å². The highest BCUT2D eigenvalue weighted by Crippen LogP contribution is 2.21. The van der Waals surface area contributed by atoms with Crippen molar-refractivity contribution in [2.24, 2.45) is 0 Å². The van der Waals surface area contributed by atoms with Gasteiger partial charge in [-0.1, -0.05) is 23.2 Å². The van der Waals surface area contributed by atoms with E-state index < -0.39 is 0 Å². The maximum atomic E-state index is 11.9. The van der Waals surface area contributed by atoms with E-state index in [0.29, 0.717) is 22.1 Å². The zero-order chi connectivity index (χ0) is 13.1. The maximum Gasteiger partial charge on any atom is 0.253 e. The molecule has 0 fully saturated rings. The molecule has 0 spiro atoms. The van der Waals surface area contributed by atoms with Gasteiger partial charge in [0.25, 0.3) is 5.91 Å². The number of pyridine rings is 1. The van der Waals surface area contributed by atoms with Gasteiger partial charge in [0.05, 0.1) is 28.3 Å². The minimum Gasteiger partial charge on any atom is -0.397 e. The topological polar surface area (TPSA) is 68.0 Å². The van der Waals surface area contributed by atoms with Crippen LogP contribution in [0.15, 0.2) is 24.4 Å². The molecule has 0 radical (unpaired) electrons. The molecule has 2 aromatic heterocycles. The number of nitrogens with zero attached hydrogens (tertiary/aromatic N) is 1. The van der Waals surface area contributed by atoms with Crippen LogP contribution < -0.4 is 11.1 Å². The van der Waals surface area contributed by atoms with E-state index in [1.165, 1.54) is 23.6 Å². The molecule has 0 aliphatic carbocycles. The van der Waals surface area contributed by atoms with Crippen LogP contribution in [0.5, 0.6) is 0 Å². The summed E-state index contributed by atoms with van der Waals surface area (Å²) in [5.41, 5.74) is 6.27. The number of hydrogen-bond acceptors (Lipinski definition) is 4. The fourth-order valence-corrected chi connectivity index (χ4v) is 2.53. The Kier molecular flexibility index (Phi) is 4.06. The van der Waals surface area contributed by atoms with E-state index in [-0.39, 0.29) is 11.1 Å². The van der Waals surface area contributed by atoms with E-state index in [1.54, 1.807) is 6.07 Å². The molecule has 3 N–H and O–H groups in total. The van der Waals surface area contributed by atoms with Crippen LogP contribution >= 0.6 is 34.5 Å². The third kappa shape index (κ3) is 3.13. The summed E-state index contributed by atoms with van der Waals surface area (Å²) in [7, 11) is 0. The van der Waals surface area contributed by atoms with Crippen LogP contribution in [-0.2, 0) is 6.54 Å². The Morgan fingerprint density at radius 2 is 2.22 bits per heavy atom. The van der Waals surface area contributed by atoms with E-state index in [9.17, 15) is 4.79 Å². The summed E-state index contributed by atoms with van der Waals surface area (Å²) in [5, 5.41) is 2.97. The highest BCUT2D eigenvalue weighted by molar-refractivity contribution is 7.16. The largest absolute Gasteiger partial charge is 0.397 e. The summed E-state index contributed by atoms with van der Waals surface area (Å²) in [5.74, 6) is -0.290. The van der Waals surface area contributed by atoms with Crippen LogP contribution in [-0.4, -0.2) is 10.9 Å². The quantitative estimate of drug-likeness (QED) is 0.857. The summed E-state index contributed by atoms with van der Waals surface area (Å²) in [6.45, 7) is 0.398. The van der Waals surface area contributed by atoms with Crippen molar-refractivity contribution in [3.63, 3.8) is 0 Å². The van der Waals surface area contributed by atoms with Crippen molar-refractivity contribution >= 4 is 46.1 Å². The summed E-state index contributed by atoms with van der Waals surface area (Å²) in [4.78, 5) is 16.6. The Morgan fingerprint density at radius 1 is 1.44 bits per heavy atom. The zero-order valence-electron chi connectivity index (χ0n) is 9.11. The lowest BCUT2D eigenvalue weighted by Gasteiger charge is -2.06. The highest BCUT2D eigenvalue weighted by Gasteiger charge is 2.11. The highest BCUT2D eigenvalue weighted by atomic mass is 35.5. The van der Waals surface area contributed by atoms with Crippen LogP contribution in [0.2, 0.25) is 9.49 Å². The second kappa shape index (κ2) is 5.56. The minimum absolute atomic E-state index is 0.230. The molecule has 2 heterocycles. The predicted molar refractivity (Wildman–Crippen MR) is 74.2 cm³/mol. The van der Waals surface area contributed by atoms with Crippen LogP contribution in [0, 0.1) is 0 Å². The third-order valence-corrected chi connectivity index (χ3v) is 3.64. The second-order valence-corrected chi connectivity index (χ2v) is 5.67. The first kappa shape index (κ1) is 13.1. The molecule has 0 unspecified atom stereocenters. The van der Waals surface area contributed by atoms with E-state index in [4.69, 9.17) is 28.9 Å². The molecule has 7 heteroatoms. The molecule has 94 valence electrons. The average Bonchev–Trinajstić information content (AvgIpc) is 2.75. The van der Waals surface area contributed by atoms with Crippen molar-refractivity contribution in [1.82, 2.24) is 10.3 Å². The second-order valence-electron chi connectivity index (χ2n) is 3.48. The van der Waals surface area contributed by atoms with Gasteiger partial charge in [0, 0.05) is 4.88 Å². The number of rotatable bonds is 3. The maximum absolute atomic E-state index is 11.9. The van der Waals surface area contributed by atoms with Crippen molar-refractivity contribution in [2.45, 2.75) is 6.54 Å². The molecule has 0 saturated carbocycles. The van der Waals surface area contributed by atoms with Crippen molar-refractivity contribution < 1.29 is 4.79 Å². The minimum atomic E-state index is -0.290. The fraction of sp³-hybridized carbons (Fsp3) is 0.0909. The number of aromatic nitrogens is 1. The standard InChI is InChI=1S/C11H9Cl2N3OS/c12-9-3-7(8(14)5-15-9)11(17)16-4-6-1-2-10(13)18-6/h1-3,5H,4,14H2,(H,16,17). The molecule has 0 atom stereocenters. The number of amides is 1. The van der Waals surface area contributed by atoms with Crippen LogP contribution in [0.1, 0.15) is 15.2 Å². The Balaban J connectivity index is 2.05. The predicted octanol–water partition coefficient (Wildman–Crippen LogP) is 2.96. The summed E-state index contributed by atoms with van der Waals surface area (Å²) < 4.78 is 0.686. The number of carbonyl (C=O) groups is 1. The summed E-state index contributed by atoms with van der Waals surface area (Å²) >= 11 is 12.9. The van der Waals surface area contributed by atoms with Crippen molar-refractivity contribution in [2.75, 3.05) is 5.73 Å². The smallest absolute Gasteiger partial charge is 0.253 e. The van der Waals surface area contributed by atoms with Crippen molar-refractivity contribution in [3.8, 4) is 0 Å². The van der Waals surface area contributed by atoms with Gasteiger partial charge in [0.2, 0.25) is 0 Å². The van der Waals surface area contributed by atoms with Gasteiger partial charge in [-0.05, 0) is 18.2 Å². The van der Waals surface area contributed by atoms with Crippen LogP contribution in [0.25, 0.3) is 0 Å². The summed E-state index contributed by atoms with van der Waals surface area (Å²) in [6, 6.07) is 5.08. The van der Waals surface area contributed by atoms with E-state index in [1.807, 2.05) is 6.07 Å². The molecular formula is C11H9Cl2N3OS. The van der Waals surface area contributed by atoms with Gasteiger partial charge in [-0.2, -0.15) is 0 Å². The molecule has 2 aromatic rings. The lowest BCUT2D eigenvalue weighted by molar-refractivity contribution is 0.0952. The molecule has 0 aromatic carbocycles. The Bertz CT molecular complexity index is 585. The molecule has 1 amide bonds. The first-order chi connectivity index (χ1) is 8.56. The number of nitrogens with two attached hydrogens (primary N) is 1. The molecule has 0 saturated heterocycles. The van der Waals surface area contributed by atoms with Crippen LogP contribution in [0.4, 0.5) is 5.69 Å². The van der Waals surface area contributed by atoms with Gasteiger partial charge in [-0.15, -0.1) is 11.3 Å².